The fourth-order valence-corrected chi connectivity index (χ4v) is 2.78. The number of phenolic OH excluding ortho intramolecular Hbond substituents is 2. The third kappa shape index (κ3) is 3.13. The Hall–Kier alpha value is -2.95. The van der Waals surface area contributed by atoms with Gasteiger partial charge in [0.05, 0.1) is 5.56 Å². The van der Waals surface area contributed by atoms with Crippen LogP contribution in [0.4, 0.5) is 5.69 Å². The molecule has 1 aliphatic rings. The molecule has 0 radical (unpaired) electrons. The molecule has 5 heteroatoms. The molecule has 2 aromatic rings. The van der Waals surface area contributed by atoms with Crippen molar-refractivity contribution in [1.82, 2.24) is 5.32 Å². The Labute approximate surface area is 134 Å². The van der Waals surface area contributed by atoms with Crippen LogP contribution >= 0.6 is 0 Å². The molecule has 1 amide bonds. The minimum Gasteiger partial charge on any atom is -0.508 e. The first kappa shape index (κ1) is 15.0. The summed E-state index contributed by atoms with van der Waals surface area (Å²) in [7, 11) is 0. The van der Waals surface area contributed by atoms with E-state index in [2.05, 4.69) is 17.2 Å². The first-order chi connectivity index (χ1) is 11.0. The van der Waals surface area contributed by atoms with Crippen molar-refractivity contribution in [2.24, 2.45) is 0 Å². The number of nitrogens with one attached hydrogen (secondary N) is 2. The lowest BCUT2D eigenvalue weighted by Gasteiger charge is -2.10. The SMILES string of the molecule is C=C1NC(=O)c2c(NCCCc3cc(O)cc(O)c3)cccc21. The van der Waals surface area contributed by atoms with Gasteiger partial charge >= 0.3 is 0 Å². The topological polar surface area (TPSA) is 81.6 Å². The minimum absolute atomic E-state index is 0.0593. The molecule has 1 aliphatic heterocycles. The number of rotatable bonds is 5. The maximum Gasteiger partial charge on any atom is 0.258 e. The molecule has 0 spiro atoms. The first-order valence-corrected chi connectivity index (χ1v) is 7.44. The molecular formula is C18H18N2O3. The zero-order valence-electron chi connectivity index (χ0n) is 12.6. The lowest BCUT2D eigenvalue weighted by atomic mass is 10.1. The molecule has 0 bridgehead atoms. The lowest BCUT2D eigenvalue weighted by Crippen LogP contribution is -2.14. The van der Waals surface area contributed by atoms with E-state index in [1.54, 1.807) is 12.1 Å². The second-order valence-electron chi connectivity index (χ2n) is 5.55. The molecular weight excluding hydrogens is 292 g/mol. The summed E-state index contributed by atoms with van der Waals surface area (Å²) in [5, 5.41) is 24.9. The van der Waals surface area contributed by atoms with E-state index in [9.17, 15) is 15.0 Å². The second kappa shape index (κ2) is 6.04. The molecule has 0 saturated carbocycles. The zero-order chi connectivity index (χ0) is 16.4. The monoisotopic (exact) mass is 310 g/mol. The van der Waals surface area contributed by atoms with Gasteiger partial charge in [0, 0.05) is 29.6 Å². The van der Waals surface area contributed by atoms with Crippen molar-refractivity contribution in [3.8, 4) is 11.5 Å². The quantitative estimate of drug-likeness (QED) is 0.640. The number of carbonyl (C=O) groups excluding carboxylic acids is 1. The third-order valence-electron chi connectivity index (χ3n) is 3.80. The van der Waals surface area contributed by atoms with Gasteiger partial charge in [0.15, 0.2) is 0 Å². The molecule has 118 valence electrons. The Morgan fingerprint density at radius 3 is 2.61 bits per heavy atom. The fourth-order valence-electron chi connectivity index (χ4n) is 2.78. The van der Waals surface area contributed by atoms with Gasteiger partial charge in [0.25, 0.3) is 5.91 Å². The minimum atomic E-state index is -0.133. The van der Waals surface area contributed by atoms with Gasteiger partial charge in [-0.05, 0) is 36.6 Å². The van der Waals surface area contributed by atoms with Crippen LogP contribution in [0.2, 0.25) is 0 Å². The number of benzene rings is 2. The Bertz CT molecular complexity index is 764. The van der Waals surface area contributed by atoms with Crippen LogP contribution in [0, 0.1) is 0 Å². The summed E-state index contributed by atoms with van der Waals surface area (Å²) in [6.45, 7) is 4.51. The number of aryl methyl sites for hydroxylation is 1. The number of phenols is 2. The van der Waals surface area contributed by atoms with Gasteiger partial charge in [-0.3, -0.25) is 4.79 Å². The first-order valence-electron chi connectivity index (χ1n) is 7.44. The molecule has 1 heterocycles. The maximum absolute atomic E-state index is 12.0. The summed E-state index contributed by atoms with van der Waals surface area (Å²) < 4.78 is 0. The van der Waals surface area contributed by atoms with E-state index < -0.39 is 0 Å². The lowest BCUT2D eigenvalue weighted by molar-refractivity contribution is 0.0981. The Kier molecular flexibility index (Phi) is 3.93. The number of anilines is 1. The molecule has 3 rings (SSSR count). The Balaban J connectivity index is 1.62. The number of aromatic hydroxyl groups is 2. The molecule has 23 heavy (non-hydrogen) atoms. The van der Waals surface area contributed by atoms with Gasteiger partial charge < -0.3 is 20.8 Å². The van der Waals surface area contributed by atoms with Crippen molar-refractivity contribution in [3.05, 3.63) is 59.7 Å². The van der Waals surface area contributed by atoms with Crippen molar-refractivity contribution in [2.75, 3.05) is 11.9 Å². The summed E-state index contributed by atoms with van der Waals surface area (Å²) in [6.07, 6.45) is 1.51. The standard InChI is InChI=1S/C18H18N2O3/c1-11-15-5-2-6-16(17(15)18(23)20-11)19-7-3-4-12-8-13(21)10-14(22)9-12/h2,5-6,8-10,19,21-22H,1,3-4,7H2,(H,20,23). The van der Waals surface area contributed by atoms with Crippen LogP contribution in [0.1, 0.15) is 27.9 Å². The number of amides is 1. The van der Waals surface area contributed by atoms with Gasteiger partial charge in [-0.2, -0.15) is 0 Å². The average molecular weight is 310 g/mol. The normalized spacial score (nSPS) is 12.9. The molecule has 4 N–H and O–H groups in total. The van der Waals surface area contributed by atoms with E-state index in [4.69, 9.17) is 0 Å². The van der Waals surface area contributed by atoms with Crippen LogP contribution in [0.15, 0.2) is 43.0 Å². The molecule has 0 atom stereocenters. The number of hydrogen-bond donors (Lipinski definition) is 4. The number of fused-ring (bicyclic) bond motifs is 1. The Morgan fingerprint density at radius 1 is 1.13 bits per heavy atom. The van der Waals surface area contributed by atoms with E-state index in [1.165, 1.54) is 6.07 Å². The van der Waals surface area contributed by atoms with Crippen LogP contribution < -0.4 is 10.6 Å². The highest BCUT2D eigenvalue weighted by atomic mass is 16.3. The predicted molar refractivity (Wildman–Crippen MR) is 89.5 cm³/mol. The summed E-state index contributed by atoms with van der Waals surface area (Å²) in [5.41, 5.74) is 3.75. The van der Waals surface area contributed by atoms with Crippen molar-refractivity contribution in [1.29, 1.82) is 0 Å². The molecule has 0 aliphatic carbocycles. The highest BCUT2D eigenvalue weighted by molar-refractivity contribution is 6.12. The van der Waals surface area contributed by atoms with Gasteiger partial charge in [-0.15, -0.1) is 0 Å². The molecule has 0 saturated heterocycles. The summed E-state index contributed by atoms with van der Waals surface area (Å²) >= 11 is 0. The summed E-state index contributed by atoms with van der Waals surface area (Å²) in [6, 6.07) is 10.2. The van der Waals surface area contributed by atoms with Crippen LogP contribution in [0.5, 0.6) is 11.5 Å². The molecule has 0 aromatic heterocycles. The summed E-state index contributed by atoms with van der Waals surface area (Å²) in [4.78, 5) is 12.0. The van der Waals surface area contributed by atoms with Crippen molar-refractivity contribution < 1.29 is 15.0 Å². The van der Waals surface area contributed by atoms with Crippen LogP contribution in [0.3, 0.4) is 0 Å². The number of carbonyl (C=O) groups is 1. The van der Waals surface area contributed by atoms with Crippen molar-refractivity contribution in [2.45, 2.75) is 12.8 Å². The van der Waals surface area contributed by atoms with E-state index in [0.29, 0.717) is 24.2 Å². The highest BCUT2D eigenvalue weighted by Gasteiger charge is 2.24. The smallest absolute Gasteiger partial charge is 0.258 e. The van der Waals surface area contributed by atoms with Gasteiger partial charge in [-0.25, -0.2) is 0 Å². The molecule has 0 fully saturated rings. The molecule has 5 nitrogen and oxygen atoms in total. The van der Waals surface area contributed by atoms with Crippen molar-refractivity contribution >= 4 is 17.3 Å². The van der Waals surface area contributed by atoms with Gasteiger partial charge in [-0.1, -0.05) is 18.7 Å². The summed E-state index contributed by atoms with van der Waals surface area (Å²) in [5.74, 6) is -0.0148. The van der Waals surface area contributed by atoms with Crippen LogP contribution in [0.25, 0.3) is 5.70 Å². The predicted octanol–water partition coefficient (Wildman–Crippen LogP) is 2.86. The van der Waals surface area contributed by atoms with Crippen LogP contribution in [-0.4, -0.2) is 22.7 Å². The Morgan fingerprint density at radius 2 is 1.87 bits per heavy atom. The third-order valence-corrected chi connectivity index (χ3v) is 3.80. The van der Waals surface area contributed by atoms with Gasteiger partial charge in [0.2, 0.25) is 0 Å². The van der Waals surface area contributed by atoms with Crippen LogP contribution in [-0.2, 0) is 6.42 Å². The van der Waals surface area contributed by atoms with E-state index in [0.717, 1.165) is 23.2 Å². The maximum atomic E-state index is 12.0. The van der Waals surface area contributed by atoms with E-state index >= 15 is 0 Å². The second-order valence-corrected chi connectivity index (χ2v) is 5.55. The fraction of sp³-hybridized carbons (Fsp3) is 0.167. The van der Waals surface area contributed by atoms with E-state index in [-0.39, 0.29) is 17.4 Å². The highest BCUT2D eigenvalue weighted by Crippen LogP contribution is 2.29. The zero-order valence-corrected chi connectivity index (χ0v) is 12.6. The van der Waals surface area contributed by atoms with Gasteiger partial charge in [0.1, 0.15) is 11.5 Å². The molecule has 0 unspecified atom stereocenters. The number of hydrogen-bond acceptors (Lipinski definition) is 4. The van der Waals surface area contributed by atoms with E-state index in [1.807, 2.05) is 18.2 Å². The van der Waals surface area contributed by atoms with Crippen molar-refractivity contribution in [3.63, 3.8) is 0 Å². The molecule has 2 aromatic carbocycles. The largest absolute Gasteiger partial charge is 0.508 e. The average Bonchev–Trinajstić information content (AvgIpc) is 2.78.